The lowest BCUT2D eigenvalue weighted by atomic mass is 10.0. The number of nitrogens with zero attached hydrogens (tertiary/aromatic N) is 5. The number of likely N-dealkylation sites (N-methyl/N-ethyl adjacent to an activating group) is 1. The summed E-state index contributed by atoms with van der Waals surface area (Å²) in [6.45, 7) is 4.58. The zero-order valence-electron chi connectivity index (χ0n) is 27.4. The molecule has 4 N–H and O–H groups in total. The second kappa shape index (κ2) is 16.2. The number of hydrogen-bond donors (Lipinski definition) is 4. The summed E-state index contributed by atoms with van der Waals surface area (Å²) in [6.07, 6.45) is 1.43. The molecule has 0 radical (unpaired) electrons. The van der Waals surface area contributed by atoms with Crippen LogP contribution in [0.2, 0.25) is 0 Å². The van der Waals surface area contributed by atoms with Crippen molar-refractivity contribution in [1.82, 2.24) is 25.5 Å². The Kier molecular flexibility index (Phi) is 12.1. The van der Waals surface area contributed by atoms with Crippen LogP contribution in [0.3, 0.4) is 0 Å². The van der Waals surface area contributed by atoms with Gasteiger partial charge in [-0.2, -0.15) is 4.98 Å². The number of ether oxygens (including phenoxy) is 3. The highest BCUT2D eigenvalue weighted by atomic mass is 16.5. The maximum Gasteiger partial charge on any atom is 0.404 e. The zero-order valence-corrected chi connectivity index (χ0v) is 27.4. The minimum atomic E-state index is -1.04. The van der Waals surface area contributed by atoms with Crippen molar-refractivity contribution >= 4 is 34.4 Å². The molecule has 13 heteroatoms. The van der Waals surface area contributed by atoms with Crippen LogP contribution in [-0.2, 0) is 6.54 Å². The van der Waals surface area contributed by atoms with Gasteiger partial charge in [0.05, 0.1) is 26.3 Å². The van der Waals surface area contributed by atoms with Crippen molar-refractivity contribution in [3.8, 4) is 17.2 Å². The molecule has 1 aliphatic rings. The van der Waals surface area contributed by atoms with Crippen LogP contribution in [0.25, 0.3) is 10.9 Å². The largest absolute Gasteiger partial charge is 0.493 e. The Balaban J connectivity index is 1.83. The Morgan fingerprint density at radius 3 is 2.42 bits per heavy atom. The number of carboxylic acid groups (broad SMARTS) is 1. The maximum absolute atomic E-state index is 10.9. The van der Waals surface area contributed by atoms with Gasteiger partial charge in [0.15, 0.2) is 11.5 Å². The highest BCUT2D eigenvalue weighted by molar-refractivity contribution is 5.93. The third-order valence-electron chi connectivity index (χ3n) is 7.83. The number of methoxy groups -OCH3 is 2. The minimum Gasteiger partial charge on any atom is -0.493 e. The third kappa shape index (κ3) is 8.92. The van der Waals surface area contributed by atoms with E-state index in [0.717, 1.165) is 60.7 Å². The van der Waals surface area contributed by atoms with Gasteiger partial charge in [-0.05, 0) is 64.6 Å². The standard InChI is InChI=1S/C32H48N8O5/c1-38(2)17-18-45-27-10-7-9-26(39(3)4)24(27)21-40(22-11-15-33-16-12-22)30-23-19-28(43-5)29(44-6)20-25(23)36-31(37-30)34-13-8-14-35-32(41)42/h7,9-10,19-20,22,33,35H,8,11-18,21H2,1-6H3,(H,41,42)(H,34,36,37). The molecule has 0 atom stereocenters. The van der Waals surface area contributed by atoms with E-state index >= 15 is 0 Å². The molecule has 0 unspecified atom stereocenters. The van der Waals surface area contributed by atoms with Crippen molar-refractivity contribution in [1.29, 1.82) is 0 Å². The average Bonchev–Trinajstić information content (AvgIpc) is 3.02. The summed E-state index contributed by atoms with van der Waals surface area (Å²) in [7, 11) is 11.4. The van der Waals surface area contributed by atoms with Gasteiger partial charge in [0.25, 0.3) is 0 Å². The van der Waals surface area contributed by atoms with Crippen LogP contribution in [0.15, 0.2) is 30.3 Å². The molecule has 1 amide bonds. The maximum atomic E-state index is 10.9. The third-order valence-corrected chi connectivity index (χ3v) is 7.83. The van der Waals surface area contributed by atoms with Crippen molar-refractivity contribution in [2.75, 3.05) is 96.9 Å². The summed E-state index contributed by atoms with van der Waals surface area (Å²) in [5.41, 5.74) is 2.88. The first kappa shape index (κ1) is 33.7. The molecule has 246 valence electrons. The summed E-state index contributed by atoms with van der Waals surface area (Å²) in [6, 6.07) is 10.2. The summed E-state index contributed by atoms with van der Waals surface area (Å²) in [5.74, 6) is 3.27. The molecular formula is C32H48N8O5. The number of piperidine rings is 1. The molecular weight excluding hydrogens is 576 g/mol. The van der Waals surface area contributed by atoms with E-state index < -0.39 is 6.09 Å². The van der Waals surface area contributed by atoms with Crippen LogP contribution in [0.1, 0.15) is 24.8 Å². The SMILES string of the molecule is COc1cc2nc(NCCCNC(=O)O)nc(N(Cc3c(OCCN(C)C)cccc3N(C)C)C3CCNCC3)c2cc1OC. The summed E-state index contributed by atoms with van der Waals surface area (Å²) in [4.78, 5) is 27.5. The topological polar surface area (TPSA) is 137 Å². The van der Waals surface area contributed by atoms with E-state index in [1.54, 1.807) is 14.2 Å². The van der Waals surface area contributed by atoms with Crippen molar-refractivity contribution in [3.05, 3.63) is 35.9 Å². The second-order valence-electron chi connectivity index (χ2n) is 11.5. The Morgan fingerprint density at radius 2 is 1.76 bits per heavy atom. The van der Waals surface area contributed by atoms with Crippen LogP contribution >= 0.6 is 0 Å². The highest BCUT2D eigenvalue weighted by Gasteiger charge is 2.28. The van der Waals surface area contributed by atoms with Crippen molar-refractivity contribution in [3.63, 3.8) is 0 Å². The van der Waals surface area contributed by atoms with E-state index in [9.17, 15) is 4.79 Å². The molecule has 1 aliphatic heterocycles. The molecule has 4 rings (SSSR count). The van der Waals surface area contributed by atoms with Crippen molar-refractivity contribution in [2.45, 2.75) is 31.8 Å². The number of fused-ring (bicyclic) bond motifs is 1. The lowest BCUT2D eigenvalue weighted by molar-refractivity contribution is 0.194. The van der Waals surface area contributed by atoms with Crippen LogP contribution in [-0.4, -0.2) is 114 Å². The fourth-order valence-electron chi connectivity index (χ4n) is 5.49. The number of carbonyl (C=O) groups is 1. The molecule has 0 aliphatic carbocycles. The Hall–Kier alpha value is -4.23. The molecule has 2 aromatic carbocycles. The monoisotopic (exact) mass is 624 g/mol. The van der Waals surface area contributed by atoms with E-state index in [1.807, 2.05) is 38.4 Å². The Bertz CT molecular complexity index is 1410. The smallest absolute Gasteiger partial charge is 0.404 e. The summed E-state index contributed by atoms with van der Waals surface area (Å²) >= 11 is 0. The molecule has 1 saturated heterocycles. The van der Waals surface area contributed by atoms with E-state index in [1.165, 1.54) is 0 Å². The number of benzene rings is 2. The number of rotatable bonds is 16. The number of aromatic nitrogens is 2. The molecule has 0 saturated carbocycles. The van der Waals surface area contributed by atoms with Crippen molar-refractivity contribution in [2.24, 2.45) is 0 Å². The molecule has 3 aromatic rings. The summed E-state index contributed by atoms with van der Waals surface area (Å²) in [5, 5.41) is 19.0. The predicted octanol–water partition coefficient (Wildman–Crippen LogP) is 3.48. The van der Waals surface area contributed by atoms with Crippen molar-refractivity contribution < 1.29 is 24.1 Å². The summed E-state index contributed by atoms with van der Waals surface area (Å²) < 4.78 is 17.7. The fraction of sp³-hybridized carbons (Fsp3) is 0.531. The molecule has 2 heterocycles. The lowest BCUT2D eigenvalue weighted by Gasteiger charge is -2.37. The minimum absolute atomic E-state index is 0.204. The first-order chi connectivity index (χ1) is 21.7. The van der Waals surface area contributed by atoms with Crippen LogP contribution in [0.5, 0.6) is 17.2 Å². The quantitative estimate of drug-likeness (QED) is 0.174. The van der Waals surface area contributed by atoms with Gasteiger partial charge in [0.1, 0.15) is 18.2 Å². The Labute approximate surface area is 265 Å². The number of anilines is 3. The first-order valence-electron chi connectivity index (χ1n) is 15.4. The predicted molar refractivity (Wildman–Crippen MR) is 179 cm³/mol. The van der Waals surface area contributed by atoms with Gasteiger partial charge >= 0.3 is 6.09 Å². The zero-order chi connectivity index (χ0) is 32.3. The van der Waals surface area contributed by atoms with Gasteiger partial charge in [-0.1, -0.05) is 6.07 Å². The van der Waals surface area contributed by atoms with E-state index in [-0.39, 0.29) is 6.04 Å². The molecule has 13 nitrogen and oxygen atoms in total. The van der Waals surface area contributed by atoms with Crippen LogP contribution in [0.4, 0.5) is 22.2 Å². The lowest BCUT2D eigenvalue weighted by Crippen LogP contribution is -2.43. The molecule has 1 fully saturated rings. The van der Waals surface area contributed by atoms with Gasteiger partial charge in [-0.15, -0.1) is 0 Å². The molecule has 45 heavy (non-hydrogen) atoms. The fourth-order valence-corrected chi connectivity index (χ4v) is 5.49. The normalized spacial score (nSPS) is 13.5. The van der Waals surface area contributed by atoms with Gasteiger partial charge in [-0.25, -0.2) is 9.78 Å². The first-order valence-corrected chi connectivity index (χ1v) is 15.4. The molecule has 0 bridgehead atoms. The number of nitrogens with one attached hydrogen (secondary N) is 3. The number of amides is 1. The van der Waals surface area contributed by atoms with E-state index in [0.29, 0.717) is 55.6 Å². The number of hydrogen-bond acceptors (Lipinski definition) is 11. The van der Waals surface area contributed by atoms with Gasteiger partial charge in [0.2, 0.25) is 5.95 Å². The highest BCUT2D eigenvalue weighted by Crippen LogP contribution is 2.39. The van der Waals surface area contributed by atoms with E-state index in [2.05, 4.69) is 50.8 Å². The van der Waals surface area contributed by atoms with Gasteiger partial charge in [-0.3, -0.25) is 0 Å². The van der Waals surface area contributed by atoms with E-state index in [4.69, 9.17) is 29.3 Å². The second-order valence-corrected chi connectivity index (χ2v) is 11.5. The van der Waals surface area contributed by atoms with Crippen LogP contribution in [0, 0.1) is 0 Å². The Morgan fingerprint density at radius 1 is 1.02 bits per heavy atom. The van der Waals surface area contributed by atoms with Gasteiger partial charge in [0, 0.05) is 62.5 Å². The van der Waals surface area contributed by atoms with Crippen LogP contribution < -0.4 is 40.0 Å². The average molecular weight is 625 g/mol. The molecule has 0 spiro atoms. The van der Waals surface area contributed by atoms with Gasteiger partial charge < -0.3 is 50.0 Å². The molecule has 1 aromatic heterocycles.